The molecule has 0 saturated heterocycles. The van der Waals surface area contributed by atoms with E-state index in [1.807, 2.05) is 0 Å². The lowest BCUT2D eigenvalue weighted by molar-refractivity contribution is -0.826. The molecular formula is C5H9ClN3O+. The molecule has 0 amide bonds. The lowest BCUT2D eigenvalue weighted by Crippen LogP contribution is -2.74. The van der Waals surface area contributed by atoms with Gasteiger partial charge < -0.3 is 0 Å². The van der Waals surface area contributed by atoms with Gasteiger partial charge in [-0.3, -0.25) is 4.68 Å². The van der Waals surface area contributed by atoms with Crippen molar-refractivity contribution < 1.29 is 10.7 Å². The van der Waals surface area contributed by atoms with Crippen LogP contribution in [0.3, 0.4) is 0 Å². The van der Waals surface area contributed by atoms with E-state index in [0.29, 0.717) is 10.8 Å². The maximum atomic E-state index is 8.65. The van der Waals surface area contributed by atoms with Crippen molar-refractivity contribution >= 4 is 17.3 Å². The van der Waals surface area contributed by atoms with Gasteiger partial charge in [-0.2, -0.15) is 10.6 Å². The molecule has 1 aromatic heterocycles. The highest BCUT2D eigenvalue weighted by atomic mass is 35.5. The summed E-state index contributed by atoms with van der Waals surface area (Å²) in [5.41, 5.74) is 2.28. The summed E-state index contributed by atoms with van der Waals surface area (Å²) < 4.78 is 1.51. The maximum Gasteiger partial charge on any atom is 0.222 e. The Morgan fingerprint density at radius 3 is 2.50 bits per heavy atom. The predicted octanol–water partition coefficient (Wildman–Crippen LogP) is -0.0340. The van der Waals surface area contributed by atoms with Gasteiger partial charge in [0.2, 0.25) is 5.69 Å². The predicted molar refractivity (Wildman–Crippen MR) is 36.3 cm³/mol. The number of quaternary nitrogens is 1. The molecule has 0 atom stereocenters. The number of nitrogens with two attached hydrogens (primary N) is 1. The topological polar surface area (TPSA) is 54.7 Å². The first kappa shape index (κ1) is 7.53. The van der Waals surface area contributed by atoms with E-state index in [-0.39, 0.29) is 0 Å². The van der Waals surface area contributed by atoms with Crippen LogP contribution in [0, 0.1) is 6.92 Å². The Labute approximate surface area is 63.4 Å². The quantitative estimate of drug-likeness (QED) is 0.570. The third kappa shape index (κ3) is 1.01. The van der Waals surface area contributed by atoms with Gasteiger partial charge in [0.15, 0.2) is 5.15 Å². The normalized spacial score (nSPS) is 10.4. The summed E-state index contributed by atoms with van der Waals surface area (Å²) in [6.45, 7) is 1.79. The van der Waals surface area contributed by atoms with Gasteiger partial charge in [0, 0.05) is 7.05 Å². The van der Waals surface area contributed by atoms with Gasteiger partial charge >= 0.3 is 0 Å². The van der Waals surface area contributed by atoms with Crippen LogP contribution in [0.2, 0.25) is 5.15 Å². The van der Waals surface area contributed by atoms with Crippen molar-refractivity contribution in [3.8, 4) is 0 Å². The van der Waals surface area contributed by atoms with Gasteiger partial charge in [-0.15, -0.1) is 0 Å². The number of nitrogens with zero attached hydrogens (tertiary/aromatic N) is 2. The lowest BCUT2D eigenvalue weighted by Gasteiger charge is -1.88. The number of aryl methyl sites for hydroxylation is 2. The molecule has 1 heterocycles. The number of hydrogen-bond donors (Lipinski definition) is 2. The average Bonchev–Trinajstić information content (AvgIpc) is 2.09. The minimum atomic E-state index is 0.458. The minimum absolute atomic E-state index is 0.458. The second-order valence-electron chi connectivity index (χ2n) is 2.04. The van der Waals surface area contributed by atoms with Gasteiger partial charge in [0.1, 0.15) is 5.69 Å². The molecule has 0 aromatic carbocycles. The summed E-state index contributed by atoms with van der Waals surface area (Å²) in [4.78, 5) is 0. The van der Waals surface area contributed by atoms with Gasteiger partial charge in [-0.25, -0.2) is 5.21 Å². The first-order valence-corrected chi connectivity index (χ1v) is 3.21. The van der Waals surface area contributed by atoms with Crippen molar-refractivity contribution in [3.05, 3.63) is 10.8 Å². The van der Waals surface area contributed by atoms with Crippen molar-refractivity contribution in [2.24, 2.45) is 7.05 Å². The van der Waals surface area contributed by atoms with Crippen LogP contribution in [0.25, 0.3) is 0 Å². The van der Waals surface area contributed by atoms with E-state index in [1.165, 1.54) is 4.68 Å². The monoisotopic (exact) mass is 162 g/mol. The second kappa shape index (κ2) is 2.57. The molecule has 4 nitrogen and oxygen atoms in total. The summed E-state index contributed by atoms with van der Waals surface area (Å²) in [5, 5.41) is 13.1. The van der Waals surface area contributed by atoms with Gasteiger partial charge in [0.05, 0.1) is 0 Å². The average molecular weight is 163 g/mol. The standard InChI is InChI=1S/C5H8ClN3O/c1-3-4(8-10)5(6)9(2)7-3/h8,10H,1-2H3/p+1. The van der Waals surface area contributed by atoms with E-state index in [1.54, 1.807) is 14.0 Å². The van der Waals surface area contributed by atoms with Crippen molar-refractivity contribution in [3.63, 3.8) is 0 Å². The van der Waals surface area contributed by atoms with E-state index in [4.69, 9.17) is 16.8 Å². The molecule has 3 N–H and O–H groups in total. The largest absolute Gasteiger partial charge is 0.251 e. The van der Waals surface area contributed by atoms with E-state index >= 15 is 0 Å². The van der Waals surface area contributed by atoms with Crippen LogP contribution in [0.1, 0.15) is 5.69 Å². The van der Waals surface area contributed by atoms with Crippen molar-refractivity contribution in [1.82, 2.24) is 9.78 Å². The fraction of sp³-hybridized carbons (Fsp3) is 0.400. The fourth-order valence-electron chi connectivity index (χ4n) is 0.793. The Kier molecular flexibility index (Phi) is 1.94. The number of rotatable bonds is 1. The molecule has 0 bridgehead atoms. The highest BCUT2D eigenvalue weighted by molar-refractivity contribution is 6.31. The summed E-state index contributed by atoms with van der Waals surface area (Å²) >= 11 is 5.72. The molecule has 0 fully saturated rings. The van der Waals surface area contributed by atoms with Crippen molar-refractivity contribution in [2.45, 2.75) is 6.92 Å². The Morgan fingerprint density at radius 1 is 1.70 bits per heavy atom. The molecule has 10 heavy (non-hydrogen) atoms. The van der Waals surface area contributed by atoms with Crippen LogP contribution in [-0.4, -0.2) is 15.0 Å². The minimum Gasteiger partial charge on any atom is -0.251 e. The molecule has 0 saturated carbocycles. The van der Waals surface area contributed by atoms with E-state index in [0.717, 1.165) is 11.2 Å². The summed E-state index contributed by atoms with van der Waals surface area (Å²) in [6.07, 6.45) is 0. The van der Waals surface area contributed by atoms with Crippen LogP contribution in [0.4, 0.5) is 5.69 Å². The zero-order valence-corrected chi connectivity index (χ0v) is 6.55. The van der Waals surface area contributed by atoms with Crippen LogP contribution < -0.4 is 5.48 Å². The second-order valence-corrected chi connectivity index (χ2v) is 2.40. The van der Waals surface area contributed by atoms with Crippen LogP contribution in [-0.2, 0) is 7.05 Å². The smallest absolute Gasteiger partial charge is 0.222 e. The number of hydrogen-bond acceptors (Lipinski definition) is 2. The van der Waals surface area contributed by atoms with Gasteiger partial charge in [-0.05, 0) is 6.92 Å². The molecule has 56 valence electrons. The van der Waals surface area contributed by atoms with Crippen molar-refractivity contribution in [1.29, 1.82) is 0 Å². The molecule has 1 rings (SSSR count). The first-order chi connectivity index (χ1) is 4.66. The van der Waals surface area contributed by atoms with Gasteiger partial charge in [-0.1, -0.05) is 11.6 Å². The first-order valence-electron chi connectivity index (χ1n) is 2.83. The summed E-state index contributed by atoms with van der Waals surface area (Å²) in [5.74, 6) is 0. The third-order valence-corrected chi connectivity index (χ3v) is 1.77. The third-order valence-electron chi connectivity index (χ3n) is 1.33. The zero-order valence-electron chi connectivity index (χ0n) is 5.80. The maximum absolute atomic E-state index is 8.65. The zero-order chi connectivity index (χ0) is 7.72. The summed E-state index contributed by atoms with van der Waals surface area (Å²) in [7, 11) is 1.72. The summed E-state index contributed by atoms with van der Waals surface area (Å²) in [6, 6.07) is 0. The van der Waals surface area contributed by atoms with Crippen LogP contribution >= 0.6 is 11.6 Å². The van der Waals surface area contributed by atoms with E-state index in [2.05, 4.69) is 5.10 Å². The molecule has 0 spiro atoms. The SMILES string of the molecule is Cc1nn(C)c(Cl)c1[NH2+]O. The molecule has 5 heteroatoms. The Bertz CT molecular complexity index is 245. The Morgan fingerprint density at radius 2 is 2.30 bits per heavy atom. The van der Waals surface area contributed by atoms with Crippen molar-refractivity contribution in [2.75, 3.05) is 0 Å². The van der Waals surface area contributed by atoms with Crippen LogP contribution in [0.15, 0.2) is 0 Å². The Hall–Kier alpha value is -0.580. The highest BCUT2D eigenvalue weighted by Gasteiger charge is 2.13. The molecule has 1 aromatic rings. The Balaban J connectivity index is 3.20. The highest BCUT2D eigenvalue weighted by Crippen LogP contribution is 2.18. The molecule has 0 aliphatic rings. The fourth-order valence-corrected chi connectivity index (χ4v) is 1.02. The van der Waals surface area contributed by atoms with Gasteiger partial charge in [0.25, 0.3) is 0 Å². The molecule has 0 aliphatic carbocycles. The lowest BCUT2D eigenvalue weighted by atomic mass is 10.4. The number of halogens is 1. The van der Waals surface area contributed by atoms with Crippen LogP contribution in [0.5, 0.6) is 0 Å². The molecular weight excluding hydrogens is 154 g/mol. The van der Waals surface area contributed by atoms with E-state index in [9.17, 15) is 0 Å². The molecule has 0 radical (unpaired) electrons. The molecule has 0 unspecified atom stereocenters. The number of aromatic nitrogens is 2. The molecule has 0 aliphatic heterocycles. The van der Waals surface area contributed by atoms with E-state index < -0.39 is 0 Å².